The summed E-state index contributed by atoms with van der Waals surface area (Å²) >= 11 is 0. The lowest BCUT2D eigenvalue weighted by atomic mass is 10.2. The molecule has 0 bridgehead atoms. The van der Waals surface area contributed by atoms with Crippen molar-refractivity contribution in [2.75, 3.05) is 33.9 Å². The van der Waals surface area contributed by atoms with E-state index in [1.54, 1.807) is 7.11 Å². The summed E-state index contributed by atoms with van der Waals surface area (Å²) in [6.45, 7) is 6.69. The lowest BCUT2D eigenvalue weighted by Gasteiger charge is -2.29. The molecule has 0 heterocycles. The van der Waals surface area contributed by atoms with Crippen LogP contribution in [0.1, 0.15) is 20.3 Å². The van der Waals surface area contributed by atoms with Crippen molar-refractivity contribution in [2.24, 2.45) is 0 Å². The number of hydrogen-bond acceptors (Lipinski definition) is 4. The van der Waals surface area contributed by atoms with E-state index >= 15 is 0 Å². The molecule has 0 saturated heterocycles. The summed E-state index contributed by atoms with van der Waals surface area (Å²) in [6.07, 6.45) is 1.09. The van der Waals surface area contributed by atoms with Crippen molar-refractivity contribution in [3.63, 3.8) is 0 Å². The van der Waals surface area contributed by atoms with Crippen molar-refractivity contribution in [3.8, 4) is 6.07 Å². The Morgan fingerprint density at radius 1 is 1.53 bits per heavy atom. The van der Waals surface area contributed by atoms with Gasteiger partial charge >= 0.3 is 0 Å². The van der Waals surface area contributed by atoms with Gasteiger partial charge in [0.1, 0.15) is 6.04 Å². The van der Waals surface area contributed by atoms with Crippen LogP contribution in [0.15, 0.2) is 0 Å². The number of hydrogen-bond donors (Lipinski definition) is 1. The van der Waals surface area contributed by atoms with E-state index in [9.17, 15) is 0 Å². The first kappa shape index (κ1) is 14.4. The molecule has 0 radical (unpaired) electrons. The van der Waals surface area contributed by atoms with Crippen molar-refractivity contribution >= 4 is 0 Å². The summed E-state index contributed by atoms with van der Waals surface area (Å²) in [5.74, 6) is 0. The van der Waals surface area contributed by atoms with Crippen LogP contribution in [0, 0.1) is 11.3 Å². The molecule has 1 N–H and O–H groups in total. The highest BCUT2D eigenvalue weighted by Crippen LogP contribution is 2.04. The van der Waals surface area contributed by atoms with Gasteiger partial charge in [-0.3, -0.25) is 4.90 Å². The summed E-state index contributed by atoms with van der Waals surface area (Å²) in [5.41, 5.74) is 0. The predicted octanol–water partition coefficient (Wildman–Crippen LogP) is 0.845. The van der Waals surface area contributed by atoms with Crippen LogP contribution in [0.4, 0.5) is 0 Å². The Balaban J connectivity index is 4.17. The zero-order valence-corrected chi connectivity index (χ0v) is 10.3. The molecule has 2 unspecified atom stereocenters. The molecule has 2 atom stereocenters. The van der Waals surface area contributed by atoms with Gasteiger partial charge in [0.15, 0.2) is 0 Å². The molecule has 0 aromatic rings. The third-order valence-corrected chi connectivity index (χ3v) is 2.72. The van der Waals surface area contributed by atoms with Crippen LogP contribution in [0.5, 0.6) is 0 Å². The van der Waals surface area contributed by atoms with Gasteiger partial charge in [-0.2, -0.15) is 5.26 Å². The minimum absolute atomic E-state index is 0.101. The highest BCUT2D eigenvalue weighted by molar-refractivity contribution is 4.91. The molecule has 15 heavy (non-hydrogen) atoms. The number of nitrogens with zero attached hydrogens (tertiary/aromatic N) is 2. The number of likely N-dealkylation sites (N-methyl/N-ethyl adjacent to an activating group) is 1. The average Bonchev–Trinajstić information content (AvgIpc) is 2.28. The lowest BCUT2D eigenvalue weighted by Crippen LogP contribution is -2.44. The maximum absolute atomic E-state index is 8.88. The van der Waals surface area contributed by atoms with Crippen LogP contribution in [-0.4, -0.2) is 50.8 Å². The van der Waals surface area contributed by atoms with E-state index in [-0.39, 0.29) is 6.04 Å². The summed E-state index contributed by atoms with van der Waals surface area (Å²) in [7, 11) is 3.52. The summed E-state index contributed by atoms with van der Waals surface area (Å²) in [4.78, 5) is 2.29. The van der Waals surface area contributed by atoms with Gasteiger partial charge in [0, 0.05) is 26.2 Å². The van der Waals surface area contributed by atoms with E-state index in [0.717, 1.165) is 19.5 Å². The van der Waals surface area contributed by atoms with Gasteiger partial charge < -0.3 is 10.1 Å². The van der Waals surface area contributed by atoms with E-state index in [2.05, 4.69) is 30.1 Å². The Morgan fingerprint density at radius 2 is 2.20 bits per heavy atom. The third kappa shape index (κ3) is 5.73. The number of nitrogens with one attached hydrogen (secondary N) is 1. The predicted molar refractivity (Wildman–Crippen MR) is 61.7 cm³/mol. The summed E-state index contributed by atoms with van der Waals surface area (Å²) in [6, 6.07) is 2.63. The number of ether oxygens (including phenoxy) is 1. The SMILES string of the molecule is CCC(C)N(CCOC)CC(C#N)NC. The molecular weight excluding hydrogens is 190 g/mol. The smallest absolute Gasteiger partial charge is 0.108 e. The topological polar surface area (TPSA) is 48.3 Å². The third-order valence-electron chi connectivity index (χ3n) is 2.72. The van der Waals surface area contributed by atoms with Crippen molar-refractivity contribution < 1.29 is 4.74 Å². The van der Waals surface area contributed by atoms with E-state index in [0.29, 0.717) is 12.6 Å². The van der Waals surface area contributed by atoms with E-state index in [1.165, 1.54) is 0 Å². The molecule has 0 aromatic carbocycles. The molecular formula is C11H23N3O. The average molecular weight is 213 g/mol. The van der Waals surface area contributed by atoms with Crippen LogP contribution < -0.4 is 5.32 Å². The van der Waals surface area contributed by atoms with Gasteiger partial charge in [-0.25, -0.2) is 0 Å². The largest absolute Gasteiger partial charge is 0.383 e. The molecule has 0 spiro atoms. The molecule has 4 nitrogen and oxygen atoms in total. The lowest BCUT2D eigenvalue weighted by molar-refractivity contribution is 0.119. The monoisotopic (exact) mass is 213 g/mol. The second-order valence-corrected chi connectivity index (χ2v) is 3.72. The molecule has 4 heteroatoms. The van der Waals surface area contributed by atoms with Crippen LogP contribution in [0.2, 0.25) is 0 Å². The van der Waals surface area contributed by atoms with E-state index < -0.39 is 0 Å². The zero-order valence-electron chi connectivity index (χ0n) is 10.3. The minimum Gasteiger partial charge on any atom is -0.383 e. The second kappa shape index (κ2) is 8.66. The first-order chi connectivity index (χ1) is 7.19. The fraction of sp³-hybridized carbons (Fsp3) is 0.909. The van der Waals surface area contributed by atoms with Crippen LogP contribution in [-0.2, 0) is 4.74 Å². The first-order valence-electron chi connectivity index (χ1n) is 5.49. The first-order valence-corrected chi connectivity index (χ1v) is 5.49. The Hall–Kier alpha value is -0.630. The normalized spacial score (nSPS) is 14.9. The van der Waals surface area contributed by atoms with Gasteiger partial charge in [-0.05, 0) is 20.4 Å². The van der Waals surface area contributed by atoms with E-state index in [1.807, 2.05) is 7.05 Å². The van der Waals surface area contributed by atoms with E-state index in [4.69, 9.17) is 10.00 Å². The molecule has 0 fully saturated rings. The molecule has 0 saturated carbocycles. The van der Waals surface area contributed by atoms with Crippen molar-refractivity contribution in [1.82, 2.24) is 10.2 Å². The van der Waals surface area contributed by atoms with Crippen molar-refractivity contribution in [3.05, 3.63) is 0 Å². The molecule has 0 rings (SSSR count). The van der Waals surface area contributed by atoms with Gasteiger partial charge in [0.2, 0.25) is 0 Å². The zero-order chi connectivity index (χ0) is 11.7. The fourth-order valence-corrected chi connectivity index (χ4v) is 1.39. The van der Waals surface area contributed by atoms with Gasteiger partial charge in [-0.15, -0.1) is 0 Å². The maximum atomic E-state index is 8.88. The minimum atomic E-state index is -0.101. The molecule has 0 aliphatic rings. The Labute approximate surface area is 93.2 Å². The van der Waals surface area contributed by atoms with Crippen LogP contribution in [0.3, 0.4) is 0 Å². The summed E-state index contributed by atoms with van der Waals surface area (Å²) < 4.78 is 5.07. The molecule has 0 aliphatic heterocycles. The number of rotatable bonds is 8. The maximum Gasteiger partial charge on any atom is 0.108 e. The van der Waals surface area contributed by atoms with Gasteiger partial charge in [-0.1, -0.05) is 6.92 Å². The molecule has 0 amide bonds. The quantitative estimate of drug-likeness (QED) is 0.649. The molecule has 88 valence electrons. The van der Waals surface area contributed by atoms with Crippen LogP contribution in [0.25, 0.3) is 0 Å². The molecule has 0 aromatic heterocycles. The second-order valence-electron chi connectivity index (χ2n) is 3.72. The standard InChI is InChI=1S/C11H23N3O/c1-5-10(2)14(6-7-15-4)9-11(8-12)13-3/h10-11,13H,5-7,9H2,1-4H3. The Bertz CT molecular complexity index is 191. The van der Waals surface area contributed by atoms with Gasteiger partial charge in [0.25, 0.3) is 0 Å². The van der Waals surface area contributed by atoms with Crippen LogP contribution >= 0.6 is 0 Å². The Kier molecular flexibility index (Phi) is 8.30. The van der Waals surface area contributed by atoms with Gasteiger partial charge in [0.05, 0.1) is 12.7 Å². The van der Waals surface area contributed by atoms with Crippen molar-refractivity contribution in [1.29, 1.82) is 5.26 Å². The fourth-order valence-electron chi connectivity index (χ4n) is 1.39. The molecule has 0 aliphatic carbocycles. The highest BCUT2D eigenvalue weighted by Gasteiger charge is 2.16. The van der Waals surface area contributed by atoms with Crippen molar-refractivity contribution in [2.45, 2.75) is 32.4 Å². The summed E-state index contributed by atoms with van der Waals surface area (Å²) in [5, 5.41) is 11.9. The number of methoxy groups -OCH3 is 1. The highest BCUT2D eigenvalue weighted by atomic mass is 16.5. The number of nitriles is 1. The Morgan fingerprint density at radius 3 is 2.60 bits per heavy atom.